The molecule has 3 aliphatic rings. The Morgan fingerprint density at radius 1 is 0.957 bits per heavy atom. The van der Waals surface area contributed by atoms with Crippen molar-refractivity contribution in [3.05, 3.63) is 83.8 Å². The standard InChI is InChI=1S/C37H41N5O4/c1-21(2)34(41-37(44)45-4)36(43)42-18-6-9-29(42)35-39-20-28(40-35)23-12-10-22(11-13-23)26-14-15-27(24-7-5-8-25(19-24)38-3)33-31-17-16-30(46-31)32(26)33/h5,7-8,10-15,19-21,29-31,34,38H,6,9,16-18H2,1-4H3,(H,39,40)(H,41,44). The molecular weight excluding hydrogens is 578 g/mol. The van der Waals surface area contributed by atoms with Gasteiger partial charge in [0.25, 0.3) is 0 Å². The maximum atomic E-state index is 13.5. The van der Waals surface area contributed by atoms with E-state index in [9.17, 15) is 9.59 Å². The number of aromatic nitrogens is 2. The molecule has 2 bridgehead atoms. The Hall–Kier alpha value is -4.63. The van der Waals surface area contributed by atoms with Crippen LogP contribution in [0.25, 0.3) is 33.5 Å². The smallest absolute Gasteiger partial charge is 0.407 e. The van der Waals surface area contributed by atoms with E-state index in [0.29, 0.717) is 6.54 Å². The van der Waals surface area contributed by atoms with Crippen molar-refractivity contribution in [3.63, 3.8) is 0 Å². The molecule has 46 heavy (non-hydrogen) atoms. The second kappa shape index (κ2) is 12.3. The zero-order valence-corrected chi connectivity index (χ0v) is 26.8. The summed E-state index contributed by atoms with van der Waals surface area (Å²) in [6.45, 7) is 4.46. The van der Waals surface area contributed by atoms with Crippen LogP contribution in [0.4, 0.5) is 10.5 Å². The Bertz CT molecular complexity index is 1760. The van der Waals surface area contributed by atoms with Crippen LogP contribution in [0, 0.1) is 5.92 Å². The van der Waals surface area contributed by atoms with E-state index >= 15 is 0 Å². The molecule has 2 amide bonds. The van der Waals surface area contributed by atoms with Crippen molar-refractivity contribution in [2.45, 2.75) is 63.8 Å². The number of nitrogens with zero attached hydrogens (tertiary/aromatic N) is 2. The van der Waals surface area contributed by atoms with E-state index in [0.717, 1.165) is 54.0 Å². The molecule has 4 atom stereocenters. The number of amides is 2. The molecular formula is C37H41N5O4. The first-order valence-electron chi connectivity index (χ1n) is 16.3. The van der Waals surface area contributed by atoms with Gasteiger partial charge in [-0.2, -0.15) is 0 Å². The average molecular weight is 620 g/mol. The number of rotatable bonds is 8. The summed E-state index contributed by atoms with van der Waals surface area (Å²) in [5, 5.41) is 5.97. The number of nitrogens with one attached hydrogen (secondary N) is 3. The number of methoxy groups -OCH3 is 1. The maximum absolute atomic E-state index is 13.5. The molecule has 3 N–H and O–H groups in total. The summed E-state index contributed by atoms with van der Waals surface area (Å²) < 4.78 is 11.2. The first-order valence-corrected chi connectivity index (χ1v) is 16.3. The molecule has 0 spiro atoms. The van der Waals surface area contributed by atoms with Gasteiger partial charge < -0.3 is 30.0 Å². The van der Waals surface area contributed by atoms with Crippen molar-refractivity contribution < 1.29 is 19.1 Å². The normalized spacial score (nSPS) is 20.5. The molecule has 0 aliphatic carbocycles. The highest BCUT2D eigenvalue weighted by Gasteiger charge is 2.42. The fraction of sp³-hybridized carbons (Fsp3) is 0.378. The van der Waals surface area contributed by atoms with Crippen molar-refractivity contribution in [2.24, 2.45) is 5.92 Å². The third kappa shape index (κ3) is 5.32. The fourth-order valence-electron chi connectivity index (χ4n) is 7.41. The minimum Gasteiger partial charge on any atom is -0.453 e. The van der Waals surface area contributed by atoms with E-state index in [1.807, 2.05) is 32.0 Å². The van der Waals surface area contributed by atoms with Crippen molar-refractivity contribution in [1.82, 2.24) is 20.2 Å². The SMILES string of the molecule is CNc1cccc(-c2ccc(-c3ccc(-c4cnc(C5CCCN5C(=O)C(NC(=O)OC)C(C)C)[nH]4)cc3)c3c2C2CCC3O2)c1. The van der Waals surface area contributed by atoms with Crippen LogP contribution >= 0.6 is 0 Å². The lowest BCUT2D eigenvalue weighted by Gasteiger charge is -2.30. The number of likely N-dealkylation sites (tertiary alicyclic amines) is 1. The Morgan fingerprint density at radius 3 is 2.33 bits per heavy atom. The Kier molecular flexibility index (Phi) is 8.02. The molecule has 3 aliphatic heterocycles. The number of aromatic amines is 1. The predicted molar refractivity (Wildman–Crippen MR) is 178 cm³/mol. The van der Waals surface area contributed by atoms with E-state index < -0.39 is 12.1 Å². The molecule has 4 heterocycles. The van der Waals surface area contributed by atoms with Gasteiger partial charge in [0.2, 0.25) is 5.91 Å². The Balaban J connectivity index is 1.14. The van der Waals surface area contributed by atoms with E-state index in [1.54, 1.807) is 0 Å². The molecule has 0 saturated carbocycles. The number of fused-ring (bicyclic) bond motifs is 5. The Labute approximate surface area is 269 Å². The molecule has 4 unspecified atom stereocenters. The predicted octanol–water partition coefficient (Wildman–Crippen LogP) is 7.40. The highest BCUT2D eigenvalue weighted by atomic mass is 16.5. The Morgan fingerprint density at radius 2 is 1.65 bits per heavy atom. The van der Waals surface area contributed by atoms with Crippen molar-refractivity contribution in [2.75, 3.05) is 26.0 Å². The lowest BCUT2D eigenvalue weighted by Crippen LogP contribution is -2.51. The lowest BCUT2D eigenvalue weighted by atomic mass is 9.81. The number of hydrogen-bond acceptors (Lipinski definition) is 6. The summed E-state index contributed by atoms with van der Waals surface area (Å²) in [5.41, 5.74) is 10.5. The summed E-state index contributed by atoms with van der Waals surface area (Å²) in [6, 6.07) is 20.8. The number of hydrogen-bond donors (Lipinski definition) is 3. The number of H-pyrrole nitrogens is 1. The van der Waals surface area contributed by atoms with Crippen LogP contribution in [0.1, 0.15) is 74.7 Å². The molecule has 2 saturated heterocycles. The van der Waals surface area contributed by atoms with Gasteiger partial charge >= 0.3 is 6.09 Å². The highest BCUT2D eigenvalue weighted by Crippen LogP contribution is 2.56. The zero-order valence-electron chi connectivity index (χ0n) is 26.8. The van der Waals surface area contributed by atoms with E-state index in [-0.39, 0.29) is 30.1 Å². The summed E-state index contributed by atoms with van der Waals surface area (Å²) >= 11 is 0. The van der Waals surface area contributed by atoms with Gasteiger partial charge in [0.15, 0.2) is 0 Å². The van der Waals surface area contributed by atoms with Crippen LogP contribution in [-0.2, 0) is 14.3 Å². The van der Waals surface area contributed by atoms with Gasteiger partial charge in [-0.3, -0.25) is 4.79 Å². The molecule has 238 valence electrons. The van der Waals surface area contributed by atoms with Crippen LogP contribution in [0.15, 0.2) is 66.9 Å². The summed E-state index contributed by atoms with van der Waals surface area (Å²) in [7, 11) is 3.25. The van der Waals surface area contributed by atoms with Gasteiger partial charge in [0.1, 0.15) is 11.9 Å². The third-order valence-corrected chi connectivity index (χ3v) is 9.76. The fourth-order valence-corrected chi connectivity index (χ4v) is 7.41. The summed E-state index contributed by atoms with van der Waals surface area (Å²) in [4.78, 5) is 35.5. The van der Waals surface area contributed by atoms with Crippen LogP contribution in [0.3, 0.4) is 0 Å². The number of ether oxygens (including phenoxy) is 2. The van der Waals surface area contributed by atoms with Gasteiger partial charge in [-0.1, -0.05) is 62.4 Å². The molecule has 2 fully saturated rings. The van der Waals surface area contributed by atoms with E-state index in [2.05, 4.69) is 76.3 Å². The van der Waals surface area contributed by atoms with Crippen molar-refractivity contribution in [3.8, 4) is 33.5 Å². The van der Waals surface area contributed by atoms with Gasteiger partial charge in [-0.05, 0) is 82.7 Å². The number of imidazole rings is 1. The second-order valence-corrected chi connectivity index (χ2v) is 12.8. The maximum Gasteiger partial charge on any atom is 0.407 e. The number of benzene rings is 3. The minimum atomic E-state index is -0.662. The van der Waals surface area contributed by atoms with Gasteiger partial charge in [-0.25, -0.2) is 9.78 Å². The molecule has 7 rings (SSSR count). The van der Waals surface area contributed by atoms with Crippen molar-refractivity contribution >= 4 is 17.7 Å². The van der Waals surface area contributed by atoms with Crippen LogP contribution in [0.2, 0.25) is 0 Å². The van der Waals surface area contributed by atoms with Crippen LogP contribution in [-0.4, -0.2) is 53.6 Å². The topological polar surface area (TPSA) is 109 Å². The lowest BCUT2D eigenvalue weighted by molar-refractivity contribution is -0.135. The number of carbonyl (C=O) groups is 2. The monoisotopic (exact) mass is 619 g/mol. The van der Waals surface area contributed by atoms with Gasteiger partial charge in [-0.15, -0.1) is 0 Å². The quantitative estimate of drug-likeness (QED) is 0.190. The molecule has 4 aromatic rings. The van der Waals surface area contributed by atoms with Crippen molar-refractivity contribution in [1.29, 1.82) is 0 Å². The number of carbonyl (C=O) groups excluding carboxylic acids is 2. The van der Waals surface area contributed by atoms with Gasteiger partial charge in [0, 0.05) is 19.3 Å². The molecule has 3 aromatic carbocycles. The number of alkyl carbamates (subject to hydrolysis) is 1. The largest absolute Gasteiger partial charge is 0.453 e. The molecule has 9 heteroatoms. The minimum absolute atomic E-state index is 0.0812. The molecule has 0 radical (unpaired) electrons. The van der Waals surface area contributed by atoms with Crippen LogP contribution in [0.5, 0.6) is 0 Å². The summed E-state index contributed by atoms with van der Waals surface area (Å²) in [5.74, 6) is 0.563. The third-order valence-electron chi connectivity index (χ3n) is 9.76. The van der Waals surface area contributed by atoms with Crippen LogP contribution < -0.4 is 10.6 Å². The average Bonchev–Trinajstić information content (AvgIpc) is 3.91. The first kappa shape index (κ1) is 30.0. The molecule has 9 nitrogen and oxygen atoms in total. The molecule has 1 aromatic heterocycles. The highest BCUT2D eigenvalue weighted by molar-refractivity contribution is 5.86. The van der Waals surface area contributed by atoms with Gasteiger partial charge in [0.05, 0.1) is 37.3 Å². The van der Waals surface area contributed by atoms with E-state index in [4.69, 9.17) is 14.5 Å². The first-order chi connectivity index (χ1) is 22.4. The zero-order chi connectivity index (χ0) is 31.9. The number of anilines is 1. The summed E-state index contributed by atoms with van der Waals surface area (Å²) in [6.07, 6.45) is 5.31. The van der Waals surface area contributed by atoms with E-state index in [1.165, 1.54) is 34.9 Å². The second-order valence-electron chi connectivity index (χ2n) is 12.8.